The van der Waals surface area contributed by atoms with Gasteiger partial charge in [-0.15, -0.1) is 24.0 Å². The average molecular weight is 528 g/mol. The summed E-state index contributed by atoms with van der Waals surface area (Å²) in [6.45, 7) is 5.56. The van der Waals surface area contributed by atoms with Gasteiger partial charge in [0.05, 0.1) is 11.4 Å². The largest absolute Gasteiger partial charge is 0.370 e. The minimum atomic E-state index is -3.44. The molecule has 2 aromatic rings. The van der Waals surface area contributed by atoms with Gasteiger partial charge in [-0.2, -0.15) is 4.31 Å². The van der Waals surface area contributed by atoms with Crippen LogP contribution in [0, 0.1) is 13.8 Å². The first-order valence-electron chi connectivity index (χ1n) is 9.59. The van der Waals surface area contributed by atoms with Crippen LogP contribution in [-0.2, 0) is 16.6 Å². The lowest BCUT2D eigenvalue weighted by Crippen LogP contribution is -2.35. The predicted molar refractivity (Wildman–Crippen MR) is 129 cm³/mol. The summed E-state index contributed by atoms with van der Waals surface area (Å²) in [7, 11) is -3.44. The number of nitrogens with one attached hydrogen (secondary N) is 1. The second kappa shape index (κ2) is 10.4. The Morgan fingerprint density at radius 1 is 1.07 bits per heavy atom. The van der Waals surface area contributed by atoms with E-state index < -0.39 is 10.0 Å². The van der Waals surface area contributed by atoms with Gasteiger partial charge in [-0.25, -0.2) is 13.4 Å². The summed E-state index contributed by atoms with van der Waals surface area (Å²) in [6.07, 6.45) is 2.93. The van der Waals surface area contributed by atoms with Crippen molar-refractivity contribution in [2.24, 2.45) is 10.7 Å². The maximum Gasteiger partial charge on any atom is 0.243 e. The molecule has 158 valence electrons. The van der Waals surface area contributed by atoms with E-state index in [1.54, 1.807) is 22.5 Å². The van der Waals surface area contributed by atoms with Gasteiger partial charge in [0.15, 0.2) is 5.96 Å². The second-order valence-corrected chi connectivity index (χ2v) is 9.25. The third-order valence-electron chi connectivity index (χ3n) is 4.78. The molecule has 1 aliphatic heterocycles. The number of hydrogen-bond donors (Lipinski definition) is 2. The lowest BCUT2D eigenvalue weighted by atomic mass is 10.1. The number of rotatable bonds is 5. The Morgan fingerprint density at radius 2 is 1.72 bits per heavy atom. The van der Waals surface area contributed by atoms with Crippen LogP contribution in [0.2, 0.25) is 0 Å². The number of nitrogens with zero attached hydrogens (tertiary/aromatic N) is 2. The summed E-state index contributed by atoms with van der Waals surface area (Å²) in [5, 5.41) is 3.09. The van der Waals surface area contributed by atoms with Gasteiger partial charge < -0.3 is 11.1 Å². The van der Waals surface area contributed by atoms with Crippen LogP contribution in [0.3, 0.4) is 0 Å². The Kier molecular flexibility index (Phi) is 8.47. The normalized spacial score (nSPS) is 15.6. The summed E-state index contributed by atoms with van der Waals surface area (Å²) >= 11 is 0. The van der Waals surface area contributed by atoms with E-state index in [0.717, 1.165) is 41.6 Å². The minimum Gasteiger partial charge on any atom is -0.370 e. The fraction of sp³-hybridized carbons (Fsp3) is 0.381. The van der Waals surface area contributed by atoms with Crippen molar-refractivity contribution in [3.8, 4) is 0 Å². The van der Waals surface area contributed by atoms with Crippen molar-refractivity contribution < 1.29 is 8.42 Å². The monoisotopic (exact) mass is 528 g/mol. The van der Waals surface area contributed by atoms with Gasteiger partial charge in [-0.05, 0) is 67.6 Å². The van der Waals surface area contributed by atoms with Crippen molar-refractivity contribution in [1.29, 1.82) is 0 Å². The molecule has 3 N–H and O–H groups in total. The van der Waals surface area contributed by atoms with Crippen LogP contribution in [0.5, 0.6) is 0 Å². The first kappa shape index (κ1) is 23.6. The highest BCUT2D eigenvalue weighted by molar-refractivity contribution is 14.0. The fourth-order valence-electron chi connectivity index (χ4n) is 3.47. The van der Waals surface area contributed by atoms with Gasteiger partial charge in [-0.3, -0.25) is 0 Å². The van der Waals surface area contributed by atoms with Gasteiger partial charge in [0.25, 0.3) is 0 Å². The Bertz CT molecular complexity index is 950. The van der Waals surface area contributed by atoms with Crippen molar-refractivity contribution in [3.63, 3.8) is 0 Å². The molecule has 0 saturated carbocycles. The second-order valence-electron chi connectivity index (χ2n) is 7.32. The van der Waals surface area contributed by atoms with Crippen molar-refractivity contribution in [2.75, 3.05) is 18.4 Å². The Hall–Kier alpha value is -1.65. The molecule has 0 unspecified atom stereocenters. The molecular formula is C21H29IN4O2S. The van der Waals surface area contributed by atoms with Crippen molar-refractivity contribution in [1.82, 2.24) is 4.31 Å². The molecule has 29 heavy (non-hydrogen) atoms. The minimum absolute atomic E-state index is 0. The summed E-state index contributed by atoms with van der Waals surface area (Å²) in [5.41, 5.74) is 9.99. The molecule has 1 saturated heterocycles. The Morgan fingerprint density at radius 3 is 2.38 bits per heavy atom. The lowest BCUT2D eigenvalue weighted by Gasteiger charge is -2.26. The molecule has 0 bridgehead atoms. The van der Waals surface area contributed by atoms with E-state index in [-0.39, 0.29) is 24.0 Å². The molecule has 6 nitrogen and oxygen atoms in total. The molecule has 0 radical (unpaired) electrons. The van der Waals surface area contributed by atoms with E-state index in [4.69, 9.17) is 5.73 Å². The number of sulfonamides is 1. The molecule has 0 atom stereocenters. The molecule has 0 aliphatic carbocycles. The van der Waals surface area contributed by atoms with Gasteiger partial charge in [0.2, 0.25) is 10.0 Å². The van der Waals surface area contributed by atoms with E-state index in [0.29, 0.717) is 30.5 Å². The summed E-state index contributed by atoms with van der Waals surface area (Å²) < 4.78 is 27.2. The van der Waals surface area contributed by atoms with Crippen LogP contribution in [0.1, 0.15) is 36.0 Å². The Balaban J connectivity index is 0.00000300. The van der Waals surface area contributed by atoms with Gasteiger partial charge in [0, 0.05) is 18.8 Å². The predicted octanol–water partition coefficient (Wildman–Crippen LogP) is 4.02. The zero-order chi connectivity index (χ0) is 20.1. The number of halogens is 1. The number of piperidine rings is 1. The molecule has 0 aromatic heterocycles. The average Bonchev–Trinajstić information content (AvgIpc) is 2.66. The van der Waals surface area contributed by atoms with Crippen molar-refractivity contribution in [3.05, 3.63) is 59.2 Å². The highest BCUT2D eigenvalue weighted by Gasteiger charge is 2.25. The van der Waals surface area contributed by atoms with Crippen LogP contribution < -0.4 is 11.1 Å². The zero-order valence-electron chi connectivity index (χ0n) is 16.9. The molecule has 1 fully saturated rings. The number of anilines is 1. The number of nitrogens with two attached hydrogens (primary N) is 1. The van der Waals surface area contributed by atoms with E-state index in [2.05, 4.69) is 16.4 Å². The quantitative estimate of drug-likeness (QED) is 0.349. The SMILES string of the molecule is Cc1cc(C)cc(NC(N)=NCc2cccc(S(=O)(=O)N3CCCCC3)c2)c1.I. The van der Waals surface area contributed by atoms with Crippen molar-refractivity contribution in [2.45, 2.75) is 44.6 Å². The standard InChI is InChI=1S/C21H28N4O2S.HI/c1-16-11-17(2)13-19(12-16)24-21(22)23-15-18-7-6-8-20(14-18)28(26,27)25-9-4-3-5-10-25;/h6-8,11-14H,3-5,9-10,15H2,1-2H3,(H3,22,23,24);1H. The summed E-state index contributed by atoms with van der Waals surface area (Å²) in [4.78, 5) is 4.68. The number of aryl methyl sites for hydroxylation is 2. The number of hydrogen-bond acceptors (Lipinski definition) is 3. The van der Waals surface area contributed by atoms with E-state index in [9.17, 15) is 8.42 Å². The maximum absolute atomic E-state index is 12.8. The van der Waals surface area contributed by atoms with E-state index >= 15 is 0 Å². The fourth-order valence-corrected chi connectivity index (χ4v) is 5.06. The van der Waals surface area contributed by atoms with Gasteiger partial charge in [-0.1, -0.05) is 24.6 Å². The van der Waals surface area contributed by atoms with Crippen molar-refractivity contribution >= 4 is 45.6 Å². The molecule has 8 heteroatoms. The van der Waals surface area contributed by atoms with Crippen LogP contribution >= 0.6 is 24.0 Å². The molecule has 0 spiro atoms. The summed E-state index contributed by atoms with van der Waals surface area (Å²) in [5.74, 6) is 0.300. The lowest BCUT2D eigenvalue weighted by molar-refractivity contribution is 0.346. The topological polar surface area (TPSA) is 87.8 Å². The Labute approximate surface area is 190 Å². The van der Waals surface area contributed by atoms with E-state index in [1.165, 1.54) is 0 Å². The molecule has 1 aliphatic rings. The third-order valence-corrected chi connectivity index (χ3v) is 6.67. The number of benzene rings is 2. The van der Waals surface area contributed by atoms with E-state index in [1.807, 2.05) is 32.0 Å². The first-order chi connectivity index (χ1) is 13.3. The zero-order valence-corrected chi connectivity index (χ0v) is 20.0. The summed E-state index contributed by atoms with van der Waals surface area (Å²) in [6, 6.07) is 13.1. The number of aliphatic imine (C=N–C) groups is 1. The highest BCUT2D eigenvalue weighted by atomic mass is 127. The highest BCUT2D eigenvalue weighted by Crippen LogP contribution is 2.21. The van der Waals surface area contributed by atoms with Gasteiger partial charge >= 0.3 is 0 Å². The van der Waals surface area contributed by atoms with Gasteiger partial charge in [0.1, 0.15) is 0 Å². The molecular weight excluding hydrogens is 499 g/mol. The molecule has 0 amide bonds. The van der Waals surface area contributed by atoms with Crippen LogP contribution in [-0.4, -0.2) is 31.8 Å². The third kappa shape index (κ3) is 6.42. The van der Waals surface area contributed by atoms with Crippen LogP contribution in [0.4, 0.5) is 5.69 Å². The number of guanidine groups is 1. The molecule has 1 heterocycles. The first-order valence-corrected chi connectivity index (χ1v) is 11.0. The van der Waals surface area contributed by atoms with Crippen LogP contribution in [0.15, 0.2) is 52.4 Å². The smallest absolute Gasteiger partial charge is 0.243 e. The maximum atomic E-state index is 12.8. The van der Waals surface area contributed by atoms with Crippen LogP contribution in [0.25, 0.3) is 0 Å². The molecule has 3 rings (SSSR count). The molecule has 2 aromatic carbocycles.